The van der Waals surface area contributed by atoms with E-state index in [0.717, 1.165) is 0 Å². The molecule has 0 aliphatic rings. The first-order valence-electron chi connectivity index (χ1n) is 3.56. The number of rotatable bonds is 2. The number of benzene rings is 1. The minimum absolute atomic E-state index is 0.0644. The van der Waals surface area contributed by atoms with Crippen LogP contribution in [-0.4, -0.2) is 16.2 Å². The van der Waals surface area contributed by atoms with Crippen molar-refractivity contribution >= 4 is 22.5 Å². The average molecular weight is 197 g/mol. The summed E-state index contributed by atoms with van der Waals surface area (Å²) in [5.74, 6) is 0. The molecule has 0 radical (unpaired) electrons. The maximum atomic E-state index is 10.4. The number of hydrogen-bond donors (Lipinski definition) is 1. The van der Waals surface area contributed by atoms with Crippen molar-refractivity contribution in [3.8, 4) is 0 Å². The lowest BCUT2D eigenvalue weighted by atomic mass is 10.2. The first kappa shape index (κ1) is 9.73. The molecule has 68 valence electrons. The molecule has 0 bridgehead atoms. The Morgan fingerprint density at radius 1 is 1.62 bits per heavy atom. The van der Waals surface area contributed by atoms with Crippen LogP contribution in [0.1, 0.15) is 5.56 Å². The standard InChI is InChI=1S/C8H8N2O2S/c1-13-8(9)6-3-2-4-7(5-6)10(11)12/h2-5,9H,1H3/p+1. The summed E-state index contributed by atoms with van der Waals surface area (Å²) in [5, 5.41) is 16.6. The number of nitrogens with two attached hydrogens (primary N) is 1. The number of non-ortho nitro benzene ring substituents is 1. The molecule has 1 rings (SSSR count). The second-order valence-electron chi connectivity index (χ2n) is 2.38. The predicted molar refractivity (Wildman–Crippen MR) is 52.6 cm³/mol. The van der Waals surface area contributed by atoms with Gasteiger partial charge in [0.15, 0.2) is 0 Å². The topological polar surface area (TPSA) is 68.7 Å². The minimum atomic E-state index is -0.433. The van der Waals surface area contributed by atoms with Crippen LogP contribution in [0, 0.1) is 10.1 Å². The number of nitro benzene ring substituents is 1. The normalized spacial score (nSPS) is 9.62. The Labute approximate surface area is 79.6 Å². The Morgan fingerprint density at radius 3 is 2.85 bits per heavy atom. The maximum absolute atomic E-state index is 10.4. The molecule has 0 aliphatic carbocycles. The van der Waals surface area contributed by atoms with Gasteiger partial charge in [0.05, 0.1) is 10.5 Å². The van der Waals surface area contributed by atoms with E-state index in [2.05, 4.69) is 0 Å². The Kier molecular flexibility index (Phi) is 3.02. The fourth-order valence-corrected chi connectivity index (χ4v) is 1.25. The highest BCUT2D eigenvalue weighted by Gasteiger charge is 2.10. The molecule has 0 saturated heterocycles. The van der Waals surface area contributed by atoms with E-state index in [9.17, 15) is 10.1 Å². The number of hydrogen-bond acceptors (Lipinski definition) is 3. The van der Waals surface area contributed by atoms with E-state index >= 15 is 0 Å². The molecular formula is C8H9N2O2S+. The summed E-state index contributed by atoms with van der Waals surface area (Å²) in [4.78, 5) is 9.98. The van der Waals surface area contributed by atoms with Crippen molar-refractivity contribution in [2.45, 2.75) is 0 Å². The monoisotopic (exact) mass is 197 g/mol. The molecule has 5 heteroatoms. The van der Waals surface area contributed by atoms with Gasteiger partial charge in [-0.1, -0.05) is 17.8 Å². The summed E-state index contributed by atoms with van der Waals surface area (Å²) in [6.07, 6.45) is 1.83. The van der Waals surface area contributed by atoms with Crippen LogP contribution in [0.3, 0.4) is 0 Å². The van der Waals surface area contributed by atoms with Crippen LogP contribution in [-0.2, 0) is 0 Å². The number of nitrogens with zero attached hydrogens (tertiary/aromatic N) is 1. The second-order valence-corrected chi connectivity index (χ2v) is 3.22. The summed E-state index contributed by atoms with van der Waals surface area (Å²) in [6.45, 7) is 0. The second kappa shape index (κ2) is 4.04. The highest BCUT2D eigenvalue weighted by Crippen LogP contribution is 2.15. The molecule has 0 fully saturated rings. The zero-order chi connectivity index (χ0) is 9.84. The van der Waals surface area contributed by atoms with Crippen molar-refractivity contribution in [1.82, 2.24) is 0 Å². The summed E-state index contributed by atoms with van der Waals surface area (Å²) < 4.78 is 0. The van der Waals surface area contributed by atoms with Crippen LogP contribution in [0.5, 0.6) is 0 Å². The lowest BCUT2D eigenvalue weighted by molar-refractivity contribution is -0.384. The van der Waals surface area contributed by atoms with E-state index in [1.54, 1.807) is 12.1 Å². The SMILES string of the molecule is CSC(=[NH2+])c1cccc([N+](=O)[O-])c1. The summed E-state index contributed by atoms with van der Waals surface area (Å²) in [6, 6.07) is 6.28. The molecule has 0 unspecified atom stereocenters. The lowest BCUT2D eigenvalue weighted by Crippen LogP contribution is -2.37. The van der Waals surface area contributed by atoms with Crippen LogP contribution in [0.4, 0.5) is 5.69 Å². The van der Waals surface area contributed by atoms with Gasteiger partial charge in [0.25, 0.3) is 5.69 Å². The molecule has 1 aromatic carbocycles. The molecule has 4 nitrogen and oxygen atoms in total. The predicted octanol–water partition coefficient (Wildman–Crippen LogP) is 0.463. The average Bonchev–Trinajstić information content (AvgIpc) is 2.17. The van der Waals surface area contributed by atoms with E-state index in [1.165, 1.54) is 23.9 Å². The van der Waals surface area contributed by atoms with Crippen molar-refractivity contribution in [2.24, 2.45) is 0 Å². The Bertz CT molecular complexity index is 352. The molecule has 2 N–H and O–H groups in total. The van der Waals surface area contributed by atoms with Gasteiger partial charge in [-0.2, -0.15) is 0 Å². The van der Waals surface area contributed by atoms with Crippen LogP contribution < -0.4 is 5.41 Å². The molecule has 1 aromatic rings. The number of thioether (sulfide) groups is 1. The van der Waals surface area contributed by atoms with Crippen LogP contribution >= 0.6 is 11.8 Å². The highest BCUT2D eigenvalue weighted by atomic mass is 32.2. The van der Waals surface area contributed by atoms with Crippen molar-refractivity contribution in [2.75, 3.05) is 6.26 Å². The minimum Gasteiger partial charge on any atom is -0.258 e. The van der Waals surface area contributed by atoms with Crippen molar-refractivity contribution in [3.05, 3.63) is 39.9 Å². The van der Waals surface area contributed by atoms with Gasteiger partial charge in [-0.3, -0.25) is 10.1 Å². The Morgan fingerprint density at radius 2 is 2.31 bits per heavy atom. The first-order valence-corrected chi connectivity index (χ1v) is 4.79. The van der Waals surface area contributed by atoms with Crippen molar-refractivity contribution in [1.29, 1.82) is 0 Å². The van der Waals surface area contributed by atoms with Gasteiger partial charge in [-0.15, -0.1) is 0 Å². The largest absolute Gasteiger partial charge is 0.270 e. The quantitative estimate of drug-likeness (QED) is 0.324. The molecule has 13 heavy (non-hydrogen) atoms. The molecule has 0 aliphatic heterocycles. The van der Waals surface area contributed by atoms with E-state index in [0.29, 0.717) is 10.6 Å². The molecule has 0 saturated carbocycles. The fourth-order valence-electron chi connectivity index (χ4n) is 0.891. The van der Waals surface area contributed by atoms with Crippen molar-refractivity contribution in [3.63, 3.8) is 0 Å². The van der Waals surface area contributed by atoms with Gasteiger partial charge in [0.1, 0.15) is 0 Å². The first-order chi connectivity index (χ1) is 6.15. The summed E-state index contributed by atoms with van der Waals surface area (Å²) >= 11 is 1.37. The van der Waals surface area contributed by atoms with Crippen molar-refractivity contribution < 1.29 is 10.3 Å². The Hall–Kier alpha value is -1.36. The highest BCUT2D eigenvalue weighted by molar-refractivity contribution is 8.13. The smallest absolute Gasteiger partial charge is 0.258 e. The van der Waals surface area contributed by atoms with Gasteiger partial charge >= 0.3 is 0 Å². The van der Waals surface area contributed by atoms with Gasteiger partial charge in [-0.05, 0) is 12.3 Å². The lowest BCUT2D eigenvalue weighted by Gasteiger charge is -1.94. The third kappa shape index (κ3) is 2.29. The van der Waals surface area contributed by atoms with Crippen LogP contribution in [0.15, 0.2) is 24.3 Å². The number of nitro groups is 1. The van der Waals surface area contributed by atoms with Crippen LogP contribution in [0.2, 0.25) is 0 Å². The fraction of sp³-hybridized carbons (Fsp3) is 0.125. The third-order valence-electron chi connectivity index (χ3n) is 1.56. The third-order valence-corrected chi connectivity index (χ3v) is 2.24. The van der Waals surface area contributed by atoms with E-state index in [-0.39, 0.29) is 5.69 Å². The van der Waals surface area contributed by atoms with Crippen LogP contribution in [0.25, 0.3) is 0 Å². The summed E-state index contributed by atoms with van der Waals surface area (Å²) in [5.41, 5.74) is 0.760. The molecule has 0 heterocycles. The molecule has 0 spiro atoms. The summed E-state index contributed by atoms with van der Waals surface area (Å²) in [7, 11) is 0. The zero-order valence-corrected chi connectivity index (χ0v) is 7.88. The maximum Gasteiger partial charge on any atom is 0.270 e. The Balaban J connectivity index is 3.05. The van der Waals surface area contributed by atoms with E-state index in [1.807, 2.05) is 6.26 Å². The molecule has 0 amide bonds. The van der Waals surface area contributed by atoms with E-state index in [4.69, 9.17) is 5.41 Å². The zero-order valence-electron chi connectivity index (χ0n) is 7.06. The molecular weight excluding hydrogens is 188 g/mol. The molecule has 0 atom stereocenters. The van der Waals surface area contributed by atoms with Gasteiger partial charge < -0.3 is 0 Å². The van der Waals surface area contributed by atoms with Gasteiger partial charge in [0.2, 0.25) is 5.04 Å². The van der Waals surface area contributed by atoms with Gasteiger partial charge in [-0.25, -0.2) is 5.41 Å². The molecule has 0 aromatic heterocycles. The van der Waals surface area contributed by atoms with E-state index < -0.39 is 4.92 Å². The van der Waals surface area contributed by atoms with Gasteiger partial charge in [0, 0.05) is 12.1 Å².